The molecule has 5 rings (SSSR count). The van der Waals surface area contributed by atoms with E-state index in [0.29, 0.717) is 11.6 Å². The molecule has 4 aromatic rings. The van der Waals surface area contributed by atoms with Gasteiger partial charge in [0.25, 0.3) is 0 Å². The summed E-state index contributed by atoms with van der Waals surface area (Å²) in [5.74, 6) is 0.108. The average Bonchev–Trinajstić information content (AvgIpc) is 3.35. The van der Waals surface area contributed by atoms with Crippen LogP contribution in [0.5, 0.6) is 0 Å². The van der Waals surface area contributed by atoms with Crippen LogP contribution >= 0.6 is 0 Å². The number of fused-ring (bicyclic) bond motifs is 1. The van der Waals surface area contributed by atoms with Crippen molar-refractivity contribution in [2.45, 2.75) is 17.8 Å². The Morgan fingerprint density at radius 1 is 1.21 bits per heavy atom. The normalized spacial score (nSPS) is 16.4. The fraction of sp³-hybridized carbons (Fsp3) is 0.273. The van der Waals surface area contributed by atoms with E-state index in [2.05, 4.69) is 10.2 Å². The Bertz CT molecular complexity index is 1470. The third-order valence-corrected chi connectivity index (χ3v) is 6.11. The maximum atomic E-state index is 15.6. The van der Waals surface area contributed by atoms with Gasteiger partial charge in [0.1, 0.15) is 6.33 Å². The van der Waals surface area contributed by atoms with E-state index < -0.39 is 34.5 Å². The van der Waals surface area contributed by atoms with E-state index in [-0.39, 0.29) is 36.6 Å². The molecule has 0 bridgehead atoms. The molecule has 0 radical (unpaired) electrons. The Labute approximate surface area is 189 Å². The molecule has 12 heteroatoms. The van der Waals surface area contributed by atoms with Gasteiger partial charge in [0.2, 0.25) is 0 Å². The minimum Gasteiger partial charge on any atom is -0.379 e. The topological polar surface area (TPSA) is 83.4 Å². The number of imidazole rings is 1. The molecule has 0 aliphatic carbocycles. The molecular formula is C22H17F4N5O3. The summed E-state index contributed by atoms with van der Waals surface area (Å²) in [5.41, 5.74) is -2.96. The molecule has 0 N–H and O–H groups in total. The summed E-state index contributed by atoms with van der Waals surface area (Å²) in [6, 6.07) is 7.02. The van der Waals surface area contributed by atoms with Crippen molar-refractivity contribution in [3.05, 3.63) is 82.1 Å². The van der Waals surface area contributed by atoms with Gasteiger partial charge in [-0.3, -0.25) is 13.8 Å². The molecule has 0 saturated carbocycles. The van der Waals surface area contributed by atoms with Crippen molar-refractivity contribution in [1.29, 1.82) is 0 Å². The van der Waals surface area contributed by atoms with Gasteiger partial charge in [-0.15, -0.1) is 10.2 Å². The van der Waals surface area contributed by atoms with Gasteiger partial charge in [0, 0.05) is 25.0 Å². The van der Waals surface area contributed by atoms with Crippen LogP contribution in [0.25, 0.3) is 11.2 Å². The summed E-state index contributed by atoms with van der Waals surface area (Å²) in [6.07, 6.45) is -2.63. The monoisotopic (exact) mass is 475 g/mol. The number of carbonyl (C=O) groups is 1. The predicted octanol–water partition coefficient (Wildman–Crippen LogP) is 3.03. The highest BCUT2D eigenvalue weighted by Gasteiger charge is 2.50. The number of carbonyl (C=O) groups excluding carboxylic acids is 1. The van der Waals surface area contributed by atoms with Crippen LogP contribution < -0.4 is 5.69 Å². The highest BCUT2D eigenvalue weighted by molar-refractivity contribution is 5.76. The highest BCUT2D eigenvalue weighted by atomic mass is 19.4. The van der Waals surface area contributed by atoms with E-state index >= 15 is 4.39 Å². The zero-order valence-electron chi connectivity index (χ0n) is 17.7. The van der Waals surface area contributed by atoms with Crippen molar-refractivity contribution in [2.24, 2.45) is 7.05 Å². The summed E-state index contributed by atoms with van der Waals surface area (Å²) >= 11 is 0. The standard InChI is InChI=1S/C22H17F4N5O3/c1-29-12-27-28-19(29)18(23)21(10-34-11-21)14-3-2-4-15(6-14)30-8-17-16(22(24,25)26)5-13(9-32)7-31(17)20(30)33/h2-9,12,18H,10-11H2,1H3. The number of halogens is 4. The summed E-state index contributed by atoms with van der Waals surface area (Å²) in [5, 5.41) is 7.57. The molecule has 1 unspecified atom stereocenters. The van der Waals surface area contributed by atoms with Gasteiger partial charge in [-0.25, -0.2) is 9.18 Å². The molecule has 34 heavy (non-hydrogen) atoms. The number of aromatic nitrogens is 5. The van der Waals surface area contributed by atoms with Crippen LogP contribution in [0.2, 0.25) is 0 Å². The molecular weight excluding hydrogens is 458 g/mol. The van der Waals surface area contributed by atoms with E-state index in [1.54, 1.807) is 25.2 Å². The van der Waals surface area contributed by atoms with Crippen LogP contribution in [-0.2, 0) is 23.4 Å². The smallest absolute Gasteiger partial charge is 0.379 e. The lowest BCUT2D eigenvalue weighted by atomic mass is 9.74. The number of alkyl halides is 4. The number of aldehydes is 1. The van der Waals surface area contributed by atoms with E-state index in [1.165, 1.54) is 17.0 Å². The van der Waals surface area contributed by atoms with E-state index in [4.69, 9.17) is 4.74 Å². The maximum absolute atomic E-state index is 15.6. The molecule has 1 aliphatic heterocycles. The minimum atomic E-state index is -4.78. The molecule has 0 spiro atoms. The van der Waals surface area contributed by atoms with E-state index in [9.17, 15) is 22.8 Å². The fourth-order valence-electron chi connectivity index (χ4n) is 4.20. The Balaban J connectivity index is 1.65. The van der Waals surface area contributed by atoms with Gasteiger partial charge in [-0.05, 0) is 23.8 Å². The number of pyridine rings is 1. The second-order valence-corrected chi connectivity index (χ2v) is 8.20. The molecule has 1 aliphatic rings. The summed E-state index contributed by atoms with van der Waals surface area (Å²) in [7, 11) is 1.61. The van der Waals surface area contributed by atoms with Gasteiger partial charge in [-0.1, -0.05) is 12.1 Å². The third kappa shape index (κ3) is 3.24. The summed E-state index contributed by atoms with van der Waals surface area (Å²) in [4.78, 5) is 24.2. The van der Waals surface area contributed by atoms with Crippen molar-refractivity contribution in [1.82, 2.24) is 23.7 Å². The number of hydrogen-bond donors (Lipinski definition) is 0. The lowest BCUT2D eigenvalue weighted by Crippen LogP contribution is -2.50. The first-order chi connectivity index (χ1) is 16.2. The zero-order chi connectivity index (χ0) is 24.3. The first kappa shape index (κ1) is 22.0. The Hall–Kier alpha value is -3.80. The second-order valence-electron chi connectivity index (χ2n) is 8.20. The molecule has 1 atom stereocenters. The van der Waals surface area contributed by atoms with Gasteiger partial charge in [0.15, 0.2) is 18.3 Å². The van der Waals surface area contributed by atoms with Crippen molar-refractivity contribution < 1.29 is 27.1 Å². The SMILES string of the molecule is Cn1cnnc1C(F)C1(c2cccc(-n3cc4c(C(F)(F)F)cc(C=O)cn4c3=O)c2)COC1. The zero-order valence-corrected chi connectivity index (χ0v) is 17.7. The van der Waals surface area contributed by atoms with Crippen molar-refractivity contribution in [3.8, 4) is 5.69 Å². The number of hydrogen-bond acceptors (Lipinski definition) is 5. The number of ether oxygens (including phenoxy) is 1. The Morgan fingerprint density at radius 3 is 2.56 bits per heavy atom. The van der Waals surface area contributed by atoms with E-state index in [1.807, 2.05) is 0 Å². The number of benzene rings is 1. The summed E-state index contributed by atoms with van der Waals surface area (Å²) in [6.45, 7) is 0.107. The first-order valence-electron chi connectivity index (χ1n) is 10.1. The second kappa shape index (κ2) is 7.62. The van der Waals surface area contributed by atoms with Gasteiger partial charge in [0.05, 0.1) is 35.4 Å². The number of nitrogens with zero attached hydrogens (tertiary/aromatic N) is 5. The summed E-state index contributed by atoms with van der Waals surface area (Å²) < 4.78 is 65.0. The molecule has 1 saturated heterocycles. The molecule has 1 fully saturated rings. The van der Waals surface area contributed by atoms with Crippen molar-refractivity contribution in [2.75, 3.05) is 13.2 Å². The Morgan fingerprint density at radius 2 is 1.97 bits per heavy atom. The highest BCUT2D eigenvalue weighted by Crippen LogP contribution is 2.45. The molecule has 8 nitrogen and oxygen atoms in total. The molecule has 176 valence electrons. The average molecular weight is 475 g/mol. The first-order valence-corrected chi connectivity index (χ1v) is 10.1. The van der Waals surface area contributed by atoms with Crippen LogP contribution in [0, 0.1) is 0 Å². The maximum Gasteiger partial charge on any atom is 0.418 e. The van der Waals surface area contributed by atoms with Gasteiger partial charge >= 0.3 is 11.9 Å². The van der Waals surface area contributed by atoms with Gasteiger partial charge in [-0.2, -0.15) is 13.2 Å². The fourth-order valence-corrected chi connectivity index (χ4v) is 4.20. The van der Waals surface area contributed by atoms with Crippen LogP contribution in [0.1, 0.15) is 33.5 Å². The van der Waals surface area contributed by atoms with Crippen LogP contribution in [0.3, 0.4) is 0 Å². The lowest BCUT2D eigenvalue weighted by Gasteiger charge is -2.43. The Kier molecular flexibility index (Phi) is 4.93. The van der Waals surface area contributed by atoms with Crippen molar-refractivity contribution >= 4 is 11.8 Å². The quantitative estimate of drug-likeness (QED) is 0.327. The molecule has 3 aromatic heterocycles. The van der Waals surface area contributed by atoms with E-state index in [0.717, 1.165) is 21.4 Å². The molecule has 0 amide bonds. The van der Waals surface area contributed by atoms with Crippen LogP contribution in [0.15, 0.2) is 53.8 Å². The third-order valence-electron chi connectivity index (χ3n) is 6.11. The van der Waals surface area contributed by atoms with Crippen LogP contribution in [0.4, 0.5) is 17.6 Å². The van der Waals surface area contributed by atoms with Gasteiger partial charge < -0.3 is 9.30 Å². The predicted molar refractivity (Wildman–Crippen MR) is 111 cm³/mol. The molecule has 1 aromatic carbocycles. The lowest BCUT2D eigenvalue weighted by molar-refractivity contribution is -0.136. The number of aryl methyl sites for hydroxylation is 1. The number of rotatable bonds is 5. The largest absolute Gasteiger partial charge is 0.418 e. The van der Waals surface area contributed by atoms with Crippen molar-refractivity contribution in [3.63, 3.8) is 0 Å². The van der Waals surface area contributed by atoms with Crippen LogP contribution in [-0.4, -0.2) is 43.2 Å². The molecule has 4 heterocycles. The minimum absolute atomic E-state index is 0.0536.